The summed E-state index contributed by atoms with van der Waals surface area (Å²) in [7, 11) is 0. The van der Waals surface area contributed by atoms with Crippen LogP contribution in [0.15, 0.2) is 42.5 Å². The van der Waals surface area contributed by atoms with E-state index in [1.807, 2.05) is 37.3 Å². The summed E-state index contributed by atoms with van der Waals surface area (Å²) < 4.78 is 26.0. The summed E-state index contributed by atoms with van der Waals surface area (Å²) in [5.41, 5.74) is 1.36. The van der Waals surface area contributed by atoms with Crippen LogP contribution in [0.5, 0.6) is 5.75 Å². The fourth-order valence-electron chi connectivity index (χ4n) is 3.55. The van der Waals surface area contributed by atoms with Gasteiger partial charge in [0.25, 0.3) is 5.91 Å². The van der Waals surface area contributed by atoms with Gasteiger partial charge >= 0.3 is 0 Å². The Hall–Kier alpha value is -2.26. The van der Waals surface area contributed by atoms with Gasteiger partial charge in [-0.1, -0.05) is 29.5 Å². The van der Waals surface area contributed by atoms with Gasteiger partial charge in [-0.2, -0.15) is 0 Å². The maximum Gasteiger partial charge on any atom is 0.266 e. The minimum Gasteiger partial charge on any atom is -0.484 e. The Morgan fingerprint density at radius 2 is 2.03 bits per heavy atom. The highest BCUT2D eigenvalue weighted by molar-refractivity contribution is 7.22. The predicted octanol–water partition coefficient (Wildman–Crippen LogP) is 4.30. The highest BCUT2D eigenvalue weighted by atomic mass is 35.5. The number of hydrogen-bond acceptors (Lipinski definition) is 6. The third-order valence-corrected chi connectivity index (χ3v) is 6.25. The quantitative estimate of drug-likeness (QED) is 0.482. The third kappa shape index (κ3) is 6.16. The fourth-order valence-corrected chi connectivity index (χ4v) is 4.57. The first-order valence-electron chi connectivity index (χ1n) is 10.4. The predicted molar refractivity (Wildman–Crippen MR) is 128 cm³/mol. The minimum atomic E-state index is -0.378. The van der Waals surface area contributed by atoms with Crippen molar-refractivity contribution in [1.29, 1.82) is 0 Å². The molecule has 0 aliphatic carbocycles. The minimum absolute atomic E-state index is 0. The maximum absolute atomic E-state index is 14.2. The summed E-state index contributed by atoms with van der Waals surface area (Å²) in [5.74, 6) is 0.0802. The van der Waals surface area contributed by atoms with Crippen LogP contribution in [0.25, 0.3) is 10.2 Å². The number of carbonyl (C=O) groups is 1. The summed E-state index contributed by atoms with van der Waals surface area (Å²) in [4.78, 5) is 21.5. The molecule has 9 heteroatoms. The second-order valence-electron chi connectivity index (χ2n) is 7.54. The second kappa shape index (κ2) is 11.6. The highest BCUT2D eigenvalue weighted by Gasteiger charge is 2.22. The topological polar surface area (TPSA) is 54.9 Å². The molecule has 1 fully saturated rings. The Balaban J connectivity index is 0.00000289. The zero-order valence-corrected chi connectivity index (χ0v) is 19.6. The maximum atomic E-state index is 14.2. The molecule has 1 aromatic heterocycles. The van der Waals surface area contributed by atoms with E-state index in [4.69, 9.17) is 9.47 Å². The van der Waals surface area contributed by atoms with Crippen molar-refractivity contribution in [3.63, 3.8) is 0 Å². The van der Waals surface area contributed by atoms with E-state index in [9.17, 15) is 9.18 Å². The van der Waals surface area contributed by atoms with Gasteiger partial charge < -0.3 is 9.47 Å². The Morgan fingerprint density at radius 3 is 2.78 bits per heavy atom. The number of fused-ring (bicyclic) bond motifs is 1. The fraction of sp³-hybridized carbons (Fsp3) is 0.391. The number of amides is 1. The van der Waals surface area contributed by atoms with E-state index in [2.05, 4.69) is 9.88 Å². The smallest absolute Gasteiger partial charge is 0.266 e. The molecule has 0 atom stereocenters. The zero-order valence-electron chi connectivity index (χ0n) is 18.0. The SMILES string of the molecule is Cc1cccc(OCC(=O)N(CCCN2CCOCC2)c2nc3c(F)cccc3s2)c1.Cl. The summed E-state index contributed by atoms with van der Waals surface area (Å²) >= 11 is 1.32. The highest BCUT2D eigenvalue weighted by Crippen LogP contribution is 2.30. The van der Waals surface area contributed by atoms with Crippen molar-refractivity contribution >= 4 is 45.0 Å². The van der Waals surface area contributed by atoms with E-state index < -0.39 is 0 Å². The molecule has 0 bridgehead atoms. The molecular weight excluding hydrogens is 453 g/mol. The molecule has 2 heterocycles. The van der Waals surface area contributed by atoms with Crippen LogP contribution in [0.1, 0.15) is 12.0 Å². The van der Waals surface area contributed by atoms with Crippen molar-refractivity contribution in [3.8, 4) is 5.75 Å². The third-order valence-electron chi connectivity index (χ3n) is 5.20. The summed E-state index contributed by atoms with van der Waals surface area (Å²) in [5, 5.41) is 0.500. The molecule has 2 aromatic carbocycles. The summed E-state index contributed by atoms with van der Waals surface area (Å²) in [6, 6.07) is 12.5. The van der Waals surface area contributed by atoms with Crippen molar-refractivity contribution in [3.05, 3.63) is 53.8 Å². The van der Waals surface area contributed by atoms with Gasteiger partial charge in [0.1, 0.15) is 17.1 Å². The second-order valence-corrected chi connectivity index (χ2v) is 8.55. The standard InChI is InChI=1S/C23H26FN3O3S.ClH/c1-17-5-2-6-18(15-17)30-16-21(28)27(10-4-9-26-11-13-29-14-12-26)23-25-22-19(24)7-3-8-20(22)31-23;/h2-3,5-8,15H,4,9-14,16H2,1H3;1H. The van der Waals surface area contributed by atoms with Gasteiger partial charge in [-0.25, -0.2) is 9.37 Å². The largest absolute Gasteiger partial charge is 0.484 e. The Morgan fingerprint density at radius 1 is 1.25 bits per heavy atom. The van der Waals surface area contributed by atoms with Crippen LogP contribution in [0.4, 0.5) is 9.52 Å². The van der Waals surface area contributed by atoms with Crippen LogP contribution in [0.2, 0.25) is 0 Å². The average Bonchev–Trinajstić information content (AvgIpc) is 3.21. The van der Waals surface area contributed by atoms with Gasteiger partial charge in [0.2, 0.25) is 0 Å². The number of morpholine rings is 1. The molecule has 1 aliphatic heterocycles. The number of hydrogen-bond donors (Lipinski definition) is 0. The van der Waals surface area contributed by atoms with E-state index in [-0.39, 0.29) is 30.7 Å². The van der Waals surface area contributed by atoms with Crippen molar-refractivity contribution in [1.82, 2.24) is 9.88 Å². The number of aryl methyl sites for hydroxylation is 1. The van der Waals surface area contributed by atoms with Gasteiger partial charge in [-0.15, -0.1) is 12.4 Å². The number of ether oxygens (including phenoxy) is 2. The number of aromatic nitrogens is 1. The van der Waals surface area contributed by atoms with Crippen molar-refractivity contribution < 1.29 is 18.7 Å². The monoisotopic (exact) mass is 479 g/mol. The van der Waals surface area contributed by atoms with Gasteiger partial charge in [0.15, 0.2) is 11.7 Å². The number of benzene rings is 2. The molecule has 0 unspecified atom stereocenters. The molecule has 6 nitrogen and oxygen atoms in total. The summed E-state index contributed by atoms with van der Waals surface area (Å²) in [6.07, 6.45) is 0.786. The van der Waals surface area contributed by atoms with Crippen molar-refractivity contribution in [2.45, 2.75) is 13.3 Å². The van der Waals surface area contributed by atoms with Crippen LogP contribution >= 0.6 is 23.7 Å². The first-order chi connectivity index (χ1) is 15.1. The van der Waals surface area contributed by atoms with Crippen LogP contribution < -0.4 is 9.64 Å². The number of anilines is 1. The zero-order chi connectivity index (χ0) is 21.6. The number of halogens is 2. The lowest BCUT2D eigenvalue weighted by Crippen LogP contribution is -2.40. The first kappa shape index (κ1) is 24.4. The van der Waals surface area contributed by atoms with E-state index in [0.717, 1.165) is 49.5 Å². The van der Waals surface area contributed by atoms with Crippen molar-refractivity contribution in [2.75, 3.05) is 50.9 Å². The molecular formula is C23H27ClFN3O3S. The van der Waals surface area contributed by atoms with Gasteiger partial charge in [0, 0.05) is 26.2 Å². The molecule has 1 amide bonds. The van der Waals surface area contributed by atoms with Gasteiger partial charge in [-0.05, 0) is 43.2 Å². The van der Waals surface area contributed by atoms with E-state index in [1.165, 1.54) is 17.4 Å². The number of carbonyl (C=O) groups excluding carboxylic acids is 1. The molecule has 0 saturated carbocycles. The lowest BCUT2D eigenvalue weighted by atomic mass is 10.2. The molecule has 172 valence electrons. The molecule has 1 saturated heterocycles. The molecule has 3 aromatic rings. The molecule has 0 N–H and O–H groups in total. The van der Waals surface area contributed by atoms with E-state index in [1.54, 1.807) is 11.0 Å². The Labute approximate surface area is 197 Å². The van der Waals surface area contributed by atoms with Gasteiger partial charge in [0.05, 0.1) is 17.9 Å². The van der Waals surface area contributed by atoms with Crippen LogP contribution in [0, 0.1) is 12.7 Å². The molecule has 0 spiro atoms. The summed E-state index contributed by atoms with van der Waals surface area (Å²) in [6.45, 7) is 6.52. The van der Waals surface area contributed by atoms with Crippen molar-refractivity contribution in [2.24, 2.45) is 0 Å². The lowest BCUT2D eigenvalue weighted by Gasteiger charge is -2.27. The lowest BCUT2D eigenvalue weighted by molar-refractivity contribution is -0.120. The number of thiazole rings is 1. The van der Waals surface area contributed by atoms with E-state index >= 15 is 0 Å². The Kier molecular flexibility index (Phi) is 8.81. The number of rotatable bonds is 8. The molecule has 0 radical (unpaired) electrons. The number of nitrogens with zero attached hydrogens (tertiary/aromatic N) is 3. The Bertz CT molecular complexity index is 1040. The number of para-hydroxylation sites is 1. The normalized spacial score (nSPS) is 14.2. The molecule has 4 rings (SSSR count). The van der Waals surface area contributed by atoms with Crippen LogP contribution in [0.3, 0.4) is 0 Å². The van der Waals surface area contributed by atoms with E-state index in [0.29, 0.717) is 22.9 Å². The first-order valence-corrected chi connectivity index (χ1v) is 11.3. The van der Waals surface area contributed by atoms with Crippen LogP contribution in [-0.4, -0.2) is 61.8 Å². The van der Waals surface area contributed by atoms with Crippen LogP contribution in [-0.2, 0) is 9.53 Å². The average molecular weight is 480 g/mol. The molecule has 1 aliphatic rings. The van der Waals surface area contributed by atoms with Gasteiger partial charge in [-0.3, -0.25) is 14.6 Å². The molecule has 32 heavy (non-hydrogen) atoms.